The number of rotatable bonds is 3. The van der Waals surface area contributed by atoms with Gasteiger partial charge in [0, 0.05) is 12.2 Å². The maximum Gasteiger partial charge on any atom is 0.412 e. The predicted octanol–water partition coefficient (Wildman–Crippen LogP) is 1.11. The summed E-state index contributed by atoms with van der Waals surface area (Å²) in [6.45, 7) is 0. The van der Waals surface area contributed by atoms with Gasteiger partial charge in [-0.3, -0.25) is 0 Å². The van der Waals surface area contributed by atoms with Gasteiger partial charge in [0.05, 0.1) is 12.0 Å². The van der Waals surface area contributed by atoms with Crippen LogP contribution in [0.3, 0.4) is 0 Å². The molecule has 2 N–H and O–H groups in total. The summed E-state index contributed by atoms with van der Waals surface area (Å²) in [5, 5.41) is 1.95. The van der Waals surface area contributed by atoms with Gasteiger partial charge in [0.25, 0.3) is 0 Å². The highest BCUT2D eigenvalue weighted by Crippen LogP contribution is 2.42. The van der Waals surface area contributed by atoms with Crippen molar-refractivity contribution >= 4 is 10.0 Å². The number of imidazole rings is 1. The van der Waals surface area contributed by atoms with E-state index in [1.807, 2.05) is 0 Å². The number of halogens is 3. The Hall–Kier alpha value is -1.09. The molecule has 2 rings (SSSR count). The molecule has 1 aliphatic rings. The van der Waals surface area contributed by atoms with Crippen LogP contribution in [0.4, 0.5) is 13.2 Å². The van der Waals surface area contributed by atoms with Crippen LogP contribution in [0.15, 0.2) is 12.5 Å². The molecule has 0 amide bonds. The lowest BCUT2D eigenvalue weighted by Gasteiger charge is -2.19. The molecule has 0 saturated heterocycles. The molecular formula is C8H10F3N3O2S. The first kappa shape index (κ1) is 12.4. The van der Waals surface area contributed by atoms with E-state index < -0.39 is 27.1 Å². The molecule has 1 unspecified atom stereocenters. The van der Waals surface area contributed by atoms with Crippen LogP contribution in [0, 0.1) is 0 Å². The largest absolute Gasteiger partial charge is 0.412 e. The first-order valence-corrected chi connectivity index (χ1v) is 6.42. The Kier molecular flexibility index (Phi) is 2.69. The van der Waals surface area contributed by atoms with Gasteiger partial charge in [0.15, 0.2) is 0 Å². The summed E-state index contributed by atoms with van der Waals surface area (Å²) in [6.07, 6.45) is -1.39. The van der Waals surface area contributed by atoms with Crippen LogP contribution in [0.5, 0.6) is 0 Å². The van der Waals surface area contributed by atoms with Crippen molar-refractivity contribution in [2.24, 2.45) is 5.14 Å². The molecule has 0 radical (unpaired) electrons. The zero-order chi connectivity index (χ0) is 12.8. The molecule has 1 aromatic rings. The van der Waals surface area contributed by atoms with Crippen molar-refractivity contribution in [3.8, 4) is 0 Å². The molecule has 1 fully saturated rings. The van der Waals surface area contributed by atoms with Crippen molar-refractivity contribution in [3.05, 3.63) is 18.2 Å². The van der Waals surface area contributed by atoms with E-state index in [1.54, 1.807) is 0 Å². The fraction of sp³-hybridized carbons (Fsp3) is 0.625. The fourth-order valence-corrected chi connectivity index (χ4v) is 2.59. The van der Waals surface area contributed by atoms with E-state index in [0.29, 0.717) is 0 Å². The molecule has 17 heavy (non-hydrogen) atoms. The fourth-order valence-electron chi connectivity index (χ4n) is 1.70. The van der Waals surface area contributed by atoms with Crippen LogP contribution in [0.25, 0.3) is 0 Å². The van der Waals surface area contributed by atoms with Gasteiger partial charge in [0.2, 0.25) is 15.3 Å². The third-order valence-electron chi connectivity index (χ3n) is 2.53. The Morgan fingerprint density at radius 2 is 2.06 bits per heavy atom. The lowest BCUT2D eigenvalue weighted by atomic mass is 10.3. The van der Waals surface area contributed by atoms with Crippen LogP contribution in [-0.2, 0) is 10.0 Å². The third kappa shape index (κ3) is 2.44. The number of hydrogen-bond donors (Lipinski definition) is 1. The van der Waals surface area contributed by atoms with Gasteiger partial charge >= 0.3 is 6.18 Å². The second-order valence-electron chi connectivity index (χ2n) is 3.97. The molecule has 1 aliphatic carbocycles. The summed E-state index contributed by atoms with van der Waals surface area (Å²) < 4.78 is 61.6. The Balaban J connectivity index is 2.49. The van der Waals surface area contributed by atoms with Crippen molar-refractivity contribution in [3.63, 3.8) is 0 Å². The number of sulfonamides is 1. The number of hydrogen-bond acceptors (Lipinski definition) is 3. The van der Waals surface area contributed by atoms with Gasteiger partial charge in [-0.2, -0.15) is 13.2 Å². The van der Waals surface area contributed by atoms with Crippen LogP contribution in [-0.4, -0.2) is 24.1 Å². The molecule has 96 valence electrons. The SMILES string of the molecule is NS(=O)(=O)C(c1cncn1C1CC1)C(F)(F)F. The van der Waals surface area contributed by atoms with Gasteiger partial charge in [-0.25, -0.2) is 18.5 Å². The van der Waals surface area contributed by atoms with Crippen LogP contribution in [0.1, 0.15) is 29.8 Å². The van der Waals surface area contributed by atoms with Gasteiger partial charge < -0.3 is 4.57 Å². The molecule has 0 bridgehead atoms. The van der Waals surface area contributed by atoms with E-state index in [4.69, 9.17) is 0 Å². The summed E-state index contributed by atoms with van der Waals surface area (Å²) in [4.78, 5) is 3.57. The number of alkyl halides is 3. The molecular weight excluding hydrogens is 259 g/mol. The third-order valence-corrected chi connectivity index (χ3v) is 3.70. The van der Waals surface area contributed by atoms with Gasteiger partial charge in [-0.15, -0.1) is 0 Å². The maximum absolute atomic E-state index is 12.7. The van der Waals surface area contributed by atoms with E-state index in [2.05, 4.69) is 10.1 Å². The number of primary sulfonamides is 1. The average Bonchev–Trinajstić information content (AvgIpc) is 2.83. The standard InChI is InChI=1S/C8H10F3N3O2S/c9-8(10,11)7(17(12,15)16)6-3-13-4-14(6)5-1-2-5/h3-5,7H,1-2H2,(H2,12,15,16). The first-order valence-electron chi connectivity index (χ1n) is 4.81. The van der Waals surface area contributed by atoms with E-state index in [-0.39, 0.29) is 6.04 Å². The topological polar surface area (TPSA) is 78.0 Å². The second-order valence-corrected chi connectivity index (χ2v) is 5.62. The summed E-state index contributed by atoms with van der Waals surface area (Å²) in [5.41, 5.74) is -0.414. The molecule has 1 aromatic heterocycles. The Bertz CT molecular complexity index is 518. The van der Waals surface area contributed by atoms with Crippen molar-refractivity contribution in [1.29, 1.82) is 0 Å². The Morgan fingerprint density at radius 3 is 2.47 bits per heavy atom. The molecule has 0 aliphatic heterocycles. The summed E-state index contributed by atoms with van der Waals surface area (Å²) in [5.74, 6) is 0. The zero-order valence-corrected chi connectivity index (χ0v) is 9.37. The van der Waals surface area contributed by atoms with Crippen molar-refractivity contribution in [2.45, 2.75) is 30.3 Å². The van der Waals surface area contributed by atoms with Crippen LogP contribution in [0.2, 0.25) is 0 Å². The van der Waals surface area contributed by atoms with Crippen LogP contribution < -0.4 is 5.14 Å². The smallest absolute Gasteiger partial charge is 0.330 e. The maximum atomic E-state index is 12.7. The van der Waals surface area contributed by atoms with E-state index >= 15 is 0 Å². The quantitative estimate of drug-likeness (QED) is 0.892. The van der Waals surface area contributed by atoms with Gasteiger partial charge in [-0.05, 0) is 12.8 Å². The predicted molar refractivity (Wildman–Crippen MR) is 52.4 cm³/mol. The molecule has 1 saturated carbocycles. The molecule has 5 nitrogen and oxygen atoms in total. The highest BCUT2D eigenvalue weighted by atomic mass is 32.2. The lowest BCUT2D eigenvalue weighted by Crippen LogP contribution is -2.34. The first-order chi connectivity index (χ1) is 7.71. The van der Waals surface area contributed by atoms with Crippen molar-refractivity contribution in [2.75, 3.05) is 0 Å². The molecule has 1 atom stereocenters. The summed E-state index contributed by atoms with van der Waals surface area (Å²) >= 11 is 0. The molecule has 9 heteroatoms. The van der Waals surface area contributed by atoms with E-state index in [0.717, 1.165) is 19.0 Å². The monoisotopic (exact) mass is 269 g/mol. The average molecular weight is 269 g/mol. The van der Waals surface area contributed by atoms with Crippen molar-refractivity contribution < 1.29 is 21.6 Å². The highest BCUT2D eigenvalue weighted by molar-refractivity contribution is 7.89. The zero-order valence-electron chi connectivity index (χ0n) is 8.55. The number of nitrogens with zero attached hydrogens (tertiary/aromatic N) is 2. The van der Waals surface area contributed by atoms with Crippen molar-refractivity contribution in [1.82, 2.24) is 9.55 Å². The molecule has 0 spiro atoms. The number of nitrogens with two attached hydrogens (primary N) is 1. The lowest BCUT2D eigenvalue weighted by molar-refractivity contribution is -0.132. The summed E-state index contributed by atoms with van der Waals surface area (Å²) in [6, 6.07) is -0.0981. The highest BCUT2D eigenvalue weighted by Gasteiger charge is 2.51. The minimum Gasteiger partial charge on any atom is -0.330 e. The Morgan fingerprint density at radius 1 is 1.47 bits per heavy atom. The van der Waals surface area contributed by atoms with Gasteiger partial charge in [-0.1, -0.05) is 0 Å². The van der Waals surface area contributed by atoms with Gasteiger partial charge in [0.1, 0.15) is 0 Å². The normalized spacial score (nSPS) is 19.3. The minimum atomic E-state index is -4.94. The second kappa shape index (κ2) is 3.70. The van der Waals surface area contributed by atoms with Crippen LogP contribution >= 0.6 is 0 Å². The summed E-state index contributed by atoms with van der Waals surface area (Å²) in [7, 11) is -4.76. The minimum absolute atomic E-state index is 0.0981. The Labute approximate surface area is 95.5 Å². The molecule has 0 aromatic carbocycles. The molecule has 1 heterocycles. The van der Waals surface area contributed by atoms with E-state index in [1.165, 1.54) is 10.9 Å². The number of aromatic nitrogens is 2. The van der Waals surface area contributed by atoms with E-state index in [9.17, 15) is 21.6 Å².